The highest BCUT2D eigenvalue weighted by atomic mass is 32.2. The summed E-state index contributed by atoms with van der Waals surface area (Å²) in [6.07, 6.45) is 6.38. The Morgan fingerprint density at radius 2 is 1.20 bits per heavy atom. The van der Waals surface area contributed by atoms with Crippen LogP contribution < -0.4 is 16.0 Å². The van der Waals surface area contributed by atoms with Gasteiger partial charge >= 0.3 is 0 Å². The maximum atomic E-state index is 13.7. The molecule has 0 bridgehead atoms. The van der Waals surface area contributed by atoms with E-state index in [1.807, 2.05) is 13.8 Å². The van der Waals surface area contributed by atoms with Gasteiger partial charge in [0.2, 0.25) is 26.0 Å². The maximum Gasteiger partial charge on any atom is 0.243 e. The Bertz CT molecular complexity index is 1540. The quantitative estimate of drug-likeness (QED) is 0.283. The molecule has 41 heavy (non-hydrogen) atoms. The van der Waals surface area contributed by atoms with Gasteiger partial charge in [-0.1, -0.05) is 24.3 Å². The third kappa shape index (κ3) is 7.52. The molecule has 0 spiro atoms. The largest absolute Gasteiger partial charge is 0.360 e. The van der Waals surface area contributed by atoms with Gasteiger partial charge in [0.15, 0.2) is 5.11 Å². The van der Waals surface area contributed by atoms with Crippen molar-refractivity contribution in [2.75, 3.05) is 36.8 Å². The van der Waals surface area contributed by atoms with Crippen LogP contribution in [-0.2, 0) is 24.8 Å². The number of sulfonamides is 2. The molecule has 0 aromatic heterocycles. The third-order valence-corrected chi connectivity index (χ3v) is 11.0. The molecule has 3 N–H and O–H groups in total. The third-order valence-electron chi connectivity index (χ3n) is 6.83. The molecule has 2 aliphatic rings. The minimum Gasteiger partial charge on any atom is -0.360 e. The second-order valence-corrected chi connectivity index (χ2v) is 14.7. The molecule has 2 aliphatic heterocycles. The molecule has 2 saturated heterocycles. The topological polar surface area (TPSA) is 128 Å². The lowest BCUT2D eigenvalue weighted by Crippen LogP contribution is -2.34. The minimum absolute atomic E-state index is 0.0502. The number of rotatable bonds is 9. The molecule has 0 radical (unpaired) electrons. The number of thiocarbonyl (C=S) groups is 1. The summed E-state index contributed by atoms with van der Waals surface area (Å²) in [5.74, 6) is -0.314. The van der Waals surface area contributed by atoms with E-state index in [9.17, 15) is 21.6 Å². The first-order chi connectivity index (χ1) is 19.4. The van der Waals surface area contributed by atoms with E-state index < -0.39 is 20.0 Å². The molecule has 2 aromatic carbocycles. The van der Waals surface area contributed by atoms with Gasteiger partial charge in [0, 0.05) is 50.5 Å². The van der Waals surface area contributed by atoms with Crippen molar-refractivity contribution in [3.63, 3.8) is 0 Å². The van der Waals surface area contributed by atoms with Crippen LogP contribution in [0.1, 0.15) is 57.6 Å². The number of hydrogen-bond acceptors (Lipinski definition) is 6. The van der Waals surface area contributed by atoms with Gasteiger partial charge in [-0.25, -0.2) is 16.8 Å². The molecule has 2 fully saturated rings. The molecule has 4 rings (SSSR count). The summed E-state index contributed by atoms with van der Waals surface area (Å²) in [6, 6.07) is 9.77. The number of hydrogen-bond donors (Lipinski definition) is 3. The van der Waals surface area contributed by atoms with Crippen molar-refractivity contribution in [3.8, 4) is 0 Å². The number of nitrogens with one attached hydrogen (secondary N) is 3. The van der Waals surface area contributed by atoms with Crippen molar-refractivity contribution in [2.24, 2.45) is 0 Å². The van der Waals surface area contributed by atoms with Crippen LogP contribution in [0.3, 0.4) is 0 Å². The Labute approximate surface area is 248 Å². The number of amides is 1. The maximum absolute atomic E-state index is 13.7. The smallest absolute Gasteiger partial charge is 0.243 e. The summed E-state index contributed by atoms with van der Waals surface area (Å²) in [5.41, 5.74) is 1.70. The zero-order chi connectivity index (χ0) is 29.8. The Morgan fingerprint density at radius 3 is 1.59 bits per heavy atom. The molecule has 13 heteroatoms. The summed E-state index contributed by atoms with van der Waals surface area (Å²) in [7, 11) is -7.66. The van der Waals surface area contributed by atoms with Gasteiger partial charge < -0.3 is 16.0 Å². The molecule has 0 saturated carbocycles. The average molecular weight is 620 g/mol. The van der Waals surface area contributed by atoms with E-state index in [2.05, 4.69) is 16.0 Å². The number of nitrogens with zero attached hydrogens (tertiary/aromatic N) is 2. The molecular formula is C28H37N5O5S3. The minimum atomic E-state index is -3.84. The van der Waals surface area contributed by atoms with Crippen LogP contribution in [0, 0.1) is 0 Å². The lowest BCUT2D eigenvalue weighted by molar-refractivity contribution is -0.114. The van der Waals surface area contributed by atoms with Gasteiger partial charge in [-0.3, -0.25) is 4.79 Å². The number of carbonyl (C=O) groups excluding carboxylic acids is 1. The molecule has 0 unspecified atom stereocenters. The lowest BCUT2D eigenvalue weighted by atomic mass is 10.1. The Kier molecular flexibility index (Phi) is 9.85. The van der Waals surface area contributed by atoms with Gasteiger partial charge in [-0.15, -0.1) is 0 Å². The first kappa shape index (κ1) is 31.1. The van der Waals surface area contributed by atoms with Crippen molar-refractivity contribution < 1.29 is 21.6 Å². The predicted octanol–water partition coefficient (Wildman–Crippen LogP) is 4.08. The molecule has 2 aromatic rings. The number of benzene rings is 2. The Hall–Kier alpha value is -2.84. The fourth-order valence-electron chi connectivity index (χ4n) is 4.89. The monoisotopic (exact) mass is 619 g/mol. The molecule has 1 amide bonds. The van der Waals surface area contributed by atoms with Gasteiger partial charge in [-0.2, -0.15) is 8.61 Å². The van der Waals surface area contributed by atoms with Crippen molar-refractivity contribution in [1.29, 1.82) is 0 Å². The number of anilines is 2. The fraction of sp³-hybridized carbons (Fsp3) is 0.429. The van der Waals surface area contributed by atoms with Crippen LogP contribution in [0.2, 0.25) is 0 Å². The Balaban J connectivity index is 1.77. The van der Waals surface area contributed by atoms with E-state index in [-0.39, 0.29) is 21.7 Å². The summed E-state index contributed by atoms with van der Waals surface area (Å²) in [4.78, 5) is 11.8. The van der Waals surface area contributed by atoms with Crippen molar-refractivity contribution in [2.45, 2.75) is 62.3 Å². The first-order valence-corrected chi connectivity index (χ1v) is 17.0. The molecule has 2 heterocycles. The predicted molar refractivity (Wildman–Crippen MR) is 167 cm³/mol. The highest BCUT2D eigenvalue weighted by Crippen LogP contribution is 2.31. The van der Waals surface area contributed by atoms with E-state index in [0.29, 0.717) is 53.8 Å². The SMILES string of the molecule is CC(=O)Nc1ccc(/C=C/c2ccc(NC(=S)NC(C)C)cc2S(=O)(=O)N2CCCC2)c(S(=O)(=O)N2CCCC2)c1. The highest BCUT2D eigenvalue weighted by Gasteiger charge is 2.31. The van der Waals surface area contributed by atoms with E-state index in [0.717, 1.165) is 25.7 Å². The zero-order valence-corrected chi connectivity index (χ0v) is 26.0. The summed E-state index contributed by atoms with van der Waals surface area (Å²) in [6.45, 7) is 7.00. The molecule has 0 atom stereocenters. The van der Waals surface area contributed by atoms with Crippen LogP contribution in [0.5, 0.6) is 0 Å². The zero-order valence-electron chi connectivity index (χ0n) is 23.5. The summed E-state index contributed by atoms with van der Waals surface area (Å²) in [5, 5.41) is 9.17. The van der Waals surface area contributed by atoms with Crippen LogP contribution in [0.25, 0.3) is 12.2 Å². The molecule has 222 valence electrons. The first-order valence-electron chi connectivity index (χ1n) is 13.7. The molecule has 10 nitrogen and oxygen atoms in total. The average Bonchev–Trinajstić information content (AvgIpc) is 3.63. The van der Waals surface area contributed by atoms with Gasteiger partial charge in [-0.05, 0) is 87.1 Å². The lowest BCUT2D eigenvalue weighted by Gasteiger charge is -2.20. The van der Waals surface area contributed by atoms with Gasteiger partial charge in [0.25, 0.3) is 0 Å². The number of carbonyl (C=O) groups is 1. The van der Waals surface area contributed by atoms with Crippen molar-refractivity contribution >= 4 is 66.8 Å². The van der Waals surface area contributed by atoms with Crippen LogP contribution in [-0.4, -0.2) is 68.7 Å². The second kappa shape index (κ2) is 13.0. The summed E-state index contributed by atoms with van der Waals surface area (Å²) >= 11 is 5.35. The van der Waals surface area contributed by atoms with Crippen LogP contribution >= 0.6 is 12.2 Å². The van der Waals surface area contributed by atoms with E-state index in [1.165, 1.54) is 21.6 Å². The fourth-order valence-corrected chi connectivity index (χ4v) is 8.70. The Morgan fingerprint density at radius 1 is 0.780 bits per heavy atom. The van der Waals surface area contributed by atoms with Gasteiger partial charge in [0.1, 0.15) is 0 Å². The highest BCUT2D eigenvalue weighted by molar-refractivity contribution is 7.89. The normalized spacial score (nSPS) is 16.9. The van der Waals surface area contributed by atoms with E-state index in [1.54, 1.807) is 42.5 Å². The second-order valence-electron chi connectivity index (χ2n) is 10.5. The standard InChI is InChI=1S/C28H37N5O5S3/c1-20(2)29-28(39)31-25-13-11-23(27(19-25)41(37,38)33-16-6-7-17-33)9-8-22-10-12-24(30-21(3)34)18-26(22)40(35,36)32-14-4-5-15-32/h8-13,18-20H,4-7,14-17H2,1-3H3,(H,30,34)(H2,29,31,39)/b9-8+. The molecular weight excluding hydrogens is 583 g/mol. The van der Waals surface area contributed by atoms with E-state index in [4.69, 9.17) is 12.2 Å². The summed E-state index contributed by atoms with van der Waals surface area (Å²) < 4.78 is 57.5. The van der Waals surface area contributed by atoms with Crippen molar-refractivity contribution in [3.05, 3.63) is 47.5 Å². The van der Waals surface area contributed by atoms with Crippen LogP contribution in [0.4, 0.5) is 11.4 Å². The van der Waals surface area contributed by atoms with Crippen LogP contribution in [0.15, 0.2) is 46.2 Å². The molecule has 0 aliphatic carbocycles. The van der Waals surface area contributed by atoms with Gasteiger partial charge in [0.05, 0.1) is 9.79 Å². The van der Waals surface area contributed by atoms with E-state index >= 15 is 0 Å². The van der Waals surface area contributed by atoms with Crippen molar-refractivity contribution in [1.82, 2.24) is 13.9 Å².